The summed E-state index contributed by atoms with van der Waals surface area (Å²) in [6.07, 6.45) is -0.944. The largest absolute Gasteiger partial charge is 0.387 e. The summed E-state index contributed by atoms with van der Waals surface area (Å²) in [6.45, 7) is 3.48. The molecule has 0 radical (unpaired) electrons. The first-order valence-corrected chi connectivity index (χ1v) is 4.02. The molecule has 4 nitrogen and oxygen atoms in total. The van der Waals surface area contributed by atoms with Gasteiger partial charge in [0.1, 0.15) is 6.10 Å². The van der Waals surface area contributed by atoms with E-state index in [4.69, 9.17) is 12.3 Å². The van der Waals surface area contributed by atoms with Crippen LogP contribution >= 0.6 is 0 Å². The first-order chi connectivity index (χ1) is 6.57. The van der Waals surface area contributed by atoms with Gasteiger partial charge in [0.05, 0.1) is 11.7 Å². The Morgan fingerprint density at radius 2 is 2.50 bits per heavy atom. The highest BCUT2D eigenvalue weighted by atomic mass is 16.7. The Hall–Kier alpha value is -0.160. The van der Waals surface area contributed by atoms with Crippen molar-refractivity contribution in [3.63, 3.8) is 0 Å². The SMILES string of the molecule is [2H]O[C@@H]1[C@H](C)O[C@@H](OC)C[C@@]1(C)O[2H]. The molecule has 0 aromatic rings. The molecule has 4 heteroatoms. The minimum atomic E-state index is -0.861. The lowest BCUT2D eigenvalue weighted by Crippen LogP contribution is -2.54. The Morgan fingerprint density at radius 1 is 1.75 bits per heavy atom. The number of aliphatic hydroxyl groups excluding tert-OH is 1. The Kier molecular flexibility index (Phi) is 2.00. The van der Waals surface area contributed by atoms with Crippen LogP contribution in [0.4, 0.5) is 0 Å². The van der Waals surface area contributed by atoms with Crippen molar-refractivity contribution >= 4 is 0 Å². The van der Waals surface area contributed by atoms with Crippen molar-refractivity contribution in [2.45, 2.75) is 44.4 Å². The Labute approximate surface area is 75.1 Å². The lowest BCUT2D eigenvalue weighted by Gasteiger charge is -2.41. The highest BCUT2D eigenvalue weighted by Gasteiger charge is 2.43. The van der Waals surface area contributed by atoms with E-state index in [1.165, 1.54) is 7.11 Å². The van der Waals surface area contributed by atoms with Gasteiger partial charge in [0.2, 0.25) is 2.86 Å². The van der Waals surface area contributed by atoms with Crippen LogP contribution in [-0.4, -0.2) is 44.3 Å². The zero-order chi connectivity index (χ0) is 10.8. The lowest BCUT2D eigenvalue weighted by atomic mass is 9.89. The number of aliphatic hydroxyl groups is 2. The first kappa shape index (κ1) is 7.26. The maximum Gasteiger partial charge on any atom is 0.211 e. The quantitative estimate of drug-likeness (QED) is 0.632. The highest BCUT2D eigenvalue weighted by Crippen LogP contribution is 2.28. The fourth-order valence-corrected chi connectivity index (χ4v) is 1.44. The van der Waals surface area contributed by atoms with E-state index in [0.29, 0.717) is 6.42 Å². The number of rotatable bonds is 3. The minimum Gasteiger partial charge on any atom is -0.387 e. The summed E-state index contributed by atoms with van der Waals surface area (Å²) in [5, 5.41) is 9.16. The van der Waals surface area contributed by atoms with Crippen molar-refractivity contribution in [2.24, 2.45) is 0 Å². The van der Waals surface area contributed by atoms with E-state index in [0.717, 1.165) is 0 Å². The van der Waals surface area contributed by atoms with Crippen molar-refractivity contribution in [3.8, 4) is 0 Å². The third-order valence-electron chi connectivity index (χ3n) is 2.23. The summed E-state index contributed by atoms with van der Waals surface area (Å²) in [7, 11) is 1.53. The molecular formula is C8H16O4. The zero-order valence-corrected chi connectivity index (χ0v) is 7.57. The van der Waals surface area contributed by atoms with Gasteiger partial charge in [-0.05, 0) is 13.8 Å². The second-order valence-corrected chi connectivity index (χ2v) is 3.44. The predicted molar refractivity (Wildman–Crippen MR) is 42.6 cm³/mol. The molecule has 1 aliphatic heterocycles. The average molecular weight is 178 g/mol. The van der Waals surface area contributed by atoms with Crippen molar-refractivity contribution < 1.29 is 19.7 Å². The summed E-state index contributed by atoms with van der Waals surface area (Å²) in [5.74, 6) is 0. The predicted octanol–water partition coefficient (Wildman–Crippen LogP) is -0.120. The van der Waals surface area contributed by atoms with Crippen LogP contribution in [0.25, 0.3) is 0 Å². The number of hydrogen-bond acceptors (Lipinski definition) is 4. The van der Waals surface area contributed by atoms with Gasteiger partial charge >= 0.3 is 0 Å². The van der Waals surface area contributed by atoms with Gasteiger partial charge in [0, 0.05) is 13.5 Å². The molecule has 0 bridgehead atoms. The summed E-state index contributed by atoms with van der Waals surface area (Å²) in [6, 6.07) is 0. The summed E-state index contributed by atoms with van der Waals surface area (Å²) < 4.78 is 24.4. The van der Waals surface area contributed by atoms with E-state index in [1.54, 1.807) is 13.8 Å². The number of methoxy groups -OCH3 is 1. The molecule has 1 rings (SSSR count). The smallest absolute Gasteiger partial charge is 0.211 e. The topological polar surface area (TPSA) is 58.9 Å². The summed E-state index contributed by atoms with van der Waals surface area (Å²) in [5.41, 5.74) is -0.861. The molecule has 0 aromatic carbocycles. The van der Waals surface area contributed by atoms with Crippen molar-refractivity contribution in [1.82, 2.24) is 0 Å². The molecule has 1 heterocycles. The summed E-state index contributed by atoms with van der Waals surface area (Å²) in [4.78, 5) is 0. The van der Waals surface area contributed by atoms with E-state index in [-0.39, 0.29) is 6.10 Å². The third kappa shape index (κ3) is 1.77. The molecule has 1 fully saturated rings. The van der Waals surface area contributed by atoms with Crippen LogP contribution in [0.3, 0.4) is 0 Å². The molecule has 2 N–H and O–H groups in total. The van der Waals surface area contributed by atoms with Gasteiger partial charge in [-0.15, -0.1) is 0 Å². The molecule has 0 unspecified atom stereocenters. The fraction of sp³-hybridized carbons (Fsp3) is 1.00. The van der Waals surface area contributed by atoms with Gasteiger partial charge in [-0.3, -0.25) is 0 Å². The second-order valence-electron chi connectivity index (χ2n) is 3.44. The van der Waals surface area contributed by atoms with Crippen LogP contribution in [0.1, 0.15) is 20.3 Å². The van der Waals surface area contributed by atoms with Gasteiger partial charge < -0.3 is 19.7 Å². The van der Waals surface area contributed by atoms with Crippen LogP contribution in [0.15, 0.2) is 0 Å². The molecule has 12 heavy (non-hydrogen) atoms. The molecule has 0 saturated carbocycles. The van der Waals surface area contributed by atoms with Gasteiger partial charge in [-0.1, -0.05) is 0 Å². The van der Waals surface area contributed by atoms with E-state index in [1.807, 2.05) is 0 Å². The summed E-state index contributed by atoms with van der Waals surface area (Å²) >= 11 is 0. The maximum atomic E-state index is 7.01. The number of ether oxygens (including phenoxy) is 2. The van der Waals surface area contributed by atoms with E-state index < -0.39 is 18.0 Å². The maximum absolute atomic E-state index is 7.01. The molecule has 0 aromatic heterocycles. The molecule has 72 valence electrons. The van der Waals surface area contributed by atoms with Gasteiger partial charge in [-0.2, -0.15) is 0 Å². The lowest BCUT2D eigenvalue weighted by molar-refractivity contribution is -0.264. The van der Waals surface area contributed by atoms with Crippen LogP contribution < -0.4 is 0 Å². The fourth-order valence-electron chi connectivity index (χ4n) is 1.44. The molecule has 0 aliphatic carbocycles. The van der Waals surface area contributed by atoms with Crippen molar-refractivity contribution in [1.29, 1.82) is 2.86 Å². The standard InChI is InChI=1S/C8H16O4/c1-5-7(9)8(2,10)4-6(11-3)12-5/h5-7,9-10H,4H2,1-3H3/t5-,6+,7+,8+/m0/s1/i9D,10D. The van der Waals surface area contributed by atoms with E-state index in [2.05, 4.69) is 10.2 Å². The monoisotopic (exact) mass is 178 g/mol. The molecule has 1 aliphatic rings. The van der Waals surface area contributed by atoms with Crippen LogP contribution in [-0.2, 0) is 9.47 Å². The van der Waals surface area contributed by atoms with Gasteiger partial charge in [-0.25, -0.2) is 0 Å². The minimum absolute atomic E-state index is 0.332. The molecule has 4 atom stereocenters. The Bertz CT molecular complexity index is 192. The normalized spacial score (nSPS) is 51.4. The Balaban J connectivity index is 2.77. The molecule has 1 saturated heterocycles. The average Bonchev–Trinajstić information content (AvgIpc) is 2.17. The van der Waals surface area contributed by atoms with Gasteiger partial charge in [0.25, 0.3) is 0 Å². The van der Waals surface area contributed by atoms with Crippen LogP contribution in [0.5, 0.6) is 0 Å². The Morgan fingerprint density at radius 3 is 3.00 bits per heavy atom. The number of hydrogen-bond donors (Lipinski definition) is 2. The second kappa shape index (κ2) is 3.30. The zero-order valence-electron chi connectivity index (χ0n) is 9.57. The molecular weight excluding hydrogens is 160 g/mol. The van der Waals surface area contributed by atoms with E-state index in [9.17, 15) is 0 Å². The molecule has 0 amide bonds. The first-order valence-electron chi connectivity index (χ1n) is 4.83. The third-order valence-corrected chi connectivity index (χ3v) is 2.23. The van der Waals surface area contributed by atoms with Crippen molar-refractivity contribution in [3.05, 3.63) is 0 Å². The highest BCUT2D eigenvalue weighted by molar-refractivity contribution is 4.90. The van der Waals surface area contributed by atoms with Crippen LogP contribution in [0, 0.1) is 0 Å². The van der Waals surface area contributed by atoms with Crippen LogP contribution in [0.2, 0.25) is 0 Å². The molecule has 0 spiro atoms. The van der Waals surface area contributed by atoms with Gasteiger partial charge in [0.15, 0.2) is 6.29 Å². The van der Waals surface area contributed by atoms with Crippen molar-refractivity contribution in [2.75, 3.05) is 7.11 Å². The van der Waals surface area contributed by atoms with E-state index >= 15 is 0 Å².